The Morgan fingerprint density at radius 2 is 1.48 bits per heavy atom. The van der Waals surface area contributed by atoms with Crippen molar-refractivity contribution in [2.75, 3.05) is 14.2 Å². The van der Waals surface area contributed by atoms with Gasteiger partial charge in [-0.3, -0.25) is 0 Å². The zero-order valence-corrected chi connectivity index (χ0v) is 18.4. The Morgan fingerprint density at radius 3 is 2.15 bits per heavy atom. The summed E-state index contributed by atoms with van der Waals surface area (Å²) < 4.78 is 22.0. The van der Waals surface area contributed by atoms with E-state index < -0.39 is 5.97 Å². The van der Waals surface area contributed by atoms with Crippen molar-refractivity contribution in [3.63, 3.8) is 0 Å². The summed E-state index contributed by atoms with van der Waals surface area (Å²) in [4.78, 5) is 12.3. The van der Waals surface area contributed by atoms with Gasteiger partial charge >= 0.3 is 5.97 Å². The third-order valence-electron chi connectivity index (χ3n) is 4.59. The second-order valence-electron chi connectivity index (χ2n) is 6.81. The van der Waals surface area contributed by atoms with Gasteiger partial charge in [-0.25, -0.2) is 4.79 Å². The highest BCUT2D eigenvalue weighted by Crippen LogP contribution is 2.30. The lowest BCUT2D eigenvalue weighted by atomic mass is 10.2. The molecular formula is C27H23NO5. The van der Waals surface area contributed by atoms with Gasteiger partial charge in [0.15, 0.2) is 23.0 Å². The zero-order chi connectivity index (χ0) is 23.5. The maximum absolute atomic E-state index is 12.3. The number of hydrogen-bond donors (Lipinski definition) is 0. The van der Waals surface area contributed by atoms with Gasteiger partial charge in [-0.05, 0) is 53.1 Å². The number of carbonyl (C=O) groups is 1. The van der Waals surface area contributed by atoms with Crippen LogP contribution >= 0.6 is 0 Å². The van der Waals surface area contributed by atoms with Gasteiger partial charge in [0.25, 0.3) is 0 Å². The number of hydrogen-bond acceptors (Lipinski definition) is 6. The number of allylic oxidation sites excluding steroid dienone is 1. The molecule has 6 nitrogen and oxygen atoms in total. The Hall–Kier alpha value is -4.50. The lowest BCUT2D eigenvalue weighted by Gasteiger charge is -2.11. The maximum atomic E-state index is 12.3. The van der Waals surface area contributed by atoms with Gasteiger partial charge in [0.1, 0.15) is 6.61 Å². The van der Waals surface area contributed by atoms with E-state index in [1.165, 1.54) is 19.3 Å². The molecule has 0 unspecified atom stereocenters. The van der Waals surface area contributed by atoms with Crippen LogP contribution in [0.1, 0.15) is 16.7 Å². The predicted octanol–water partition coefficient (Wildman–Crippen LogP) is 5.44. The van der Waals surface area contributed by atoms with Crippen molar-refractivity contribution in [1.29, 1.82) is 5.26 Å². The second-order valence-corrected chi connectivity index (χ2v) is 6.81. The van der Waals surface area contributed by atoms with E-state index in [9.17, 15) is 4.79 Å². The third kappa shape index (κ3) is 6.74. The molecule has 0 aliphatic carbocycles. The molecule has 0 aromatic heterocycles. The lowest BCUT2D eigenvalue weighted by molar-refractivity contribution is -0.129. The van der Waals surface area contributed by atoms with Gasteiger partial charge in [0.2, 0.25) is 0 Å². The predicted molar refractivity (Wildman–Crippen MR) is 126 cm³/mol. The van der Waals surface area contributed by atoms with Crippen molar-refractivity contribution in [3.05, 3.63) is 95.6 Å². The third-order valence-corrected chi connectivity index (χ3v) is 4.59. The van der Waals surface area contributed by atoms with Crippen LogP contribution in [0, 0.1) is 11.3 Å². The highest BCUT2D eigenvalue weighted by atomic mass is 16.6. The summed E-state index contributed by atoms with van der Waals surface area (Å²) in [7, 11) is 3.04. The monoisotopic (exact) mass is 441 g/mol. The topological polar surface area (TPSA) is 77.8 Å². The van der Waals surface area contributed by atoms with Crippen molar-refractivity contribution in [3.8, 4) is 29.1 Å². The summed E-state index contributed by atoms with van der Waals surface area (Å²) in [6.07, 6.45) is 5.94. The number of nitriles is 1. The van der Waals surface area contributed by atoms with E-state index in [0.29, 0.717) is 23.9 Å². The molecule has 3 aromatic carbocycles. The first-order valence-electron chi connectivity index (χ1n) is 10.1. The van der Waals surface area contributed by atoms with Gasteiger partial charge < -0.3 is 18.9 Å². The van der Waals surface area contributed by atoms with Crippen LogP contribution < -0.4 is 18.9 Å². The highest BCUT2D eigenvalue weighted by Gasteiger charge is 2.09. The van der Waals surface area contributed by atoms with E-state index in [2.05, 4.69) is 0 Å². The normalized spacial score (nSPS) is 10.7. The van der Waals surface area contributed by atoms with Gasteiger partial charge in [0, 0.05) is 12.2 Å². The first-order chi connectivity index (χ1) is 16.1. The van der Waals surface area contributed by atoms with E-state index in [1.807, 2.05) is 42.5 Å². The molecule has 3 rings (SSSR count). The summed E-state index contributed by atoms with van der Waals surface area (Å²) in [6, 6.07) is 22.2. The summed E-state index contributed by atoms with van der Waals surface area (Å²) in [5, 5.41) is 8.64. The summed E-state index contributed by atoms with van der Waals surface area (Å²) in [5.74, 6) is 1.28. The number of esters is 1. The first kappa shape index (κ1) is 23.2. The minimum Gasteiger partial charge on any atom is -0.493 e. The number of nitrogens with zero attached hydrogens (tertiary/aromatic N) is 1. The molecule has 0 heterocycles. The van der Waals surface area contributed by atoms with Crippen LogP contribution in [0.2, 0.25) is 0 Å². The zero-order valence-electron chi connectivity index (χ0n) is 18.4. The molecule has 0 fully saturated rings. The van der Waals surface area contributed by atoms with Crippen molar-refractivity contribution in [1.82, 2.24) is 0 Å². The smallest absolute Gasteiger partial charge is 0.336 e. The molecule has 0 amide bonds. The largest absolute Gasteiger partial charge is 0.493 e. The fraction of sp³-hybridized carbons (Fsp3) is 0.111. The van der Waals surface area contributed by atoms with Crippen molar-refractivity contribution in [2.24, 2.45) is 0 Å². The molecule has 6 heteroatoms. The summed E-state index contributed by atoms with van der Waals surface area (Å²) >= 11 is 0. The average Bonchev–Trinajstić information content (AvgIpc) is 2.86. The molecular weight excluding hydrogens is 418 g/mol. The Kier molecular flexibility index (Phi) is 8.27. The Balaban J connectivity index is 1.66. The first-order valence-corrected chi connectivity index (χ1v) is 10.1. The molecule has 0 saturated heterocycles. The molecule has 33 heavy (non-hydrogen) atoms. The van der Waals surface area contributed by atoms with Gasteiger partial charge in [-0.2, -0.15) is 5.26 Å². The van der Waals surface area contributed by atoms with Crippen molar-refractivity contribution >= 4 is 18.1 Å². The van der Waals surface area contributed by atoms with E-state index >= 15 is 0 Å². The van der Waals surface area contributed by atoms with Crippen LogP contribution in [0.25, 0.3) is 12.2 Å². The molecule has 0 N–H and O–H groups in total. The minimum atomic E-state index is -0.558. The van der Waals surface area contributed by atoms with E-state index in [1.54, 1.807) is 49.6 Å². The molecule has 0 radical (unpaired) electrons. The van der Waals surface area contributed by atoms with Crippen LogP contribution in [0.3, 0.4) is 0 Å². The Labute approximate surface area is 192 Å². The van der Waals surface area contributed by atoms with Gasteiger partial charge in [-0.1, -0.05) is 42.5 Å². The maximum Gasteiger partial charge on any atom is 0.336 e. The Bertz CT molecular complexity index is 1190. The quantitative estimate of drug-likeness (QED) is 0.190. The molecule has 166 valence electrons. The van der Waals surface area contributed by atoms with Crippen LogP contribution in [0.4, 0.5) is 0 Å². The van der Waals surface area contributed by atoms with Crippen molar-refractivity contribution in [2.45, 2.75) is 6.61 Å². The number of ether oxygens (including phenoxy) is 4. The van der Waals surface area contributed by atoms with Crippen LogP contribution in [0.15, 0.2) is 78.9 Å². The average molecular weight is 441 g/mol. The highest BCUT2D eigenvalue weighted by molar-refractivity contribution is 5.89. The molecule has 0 aliphatic rings. The van der Waals surface area contributed by atoms with Crippen LogP contribution in [-0.2, 0) is 11.4 Å². The number of benzene rings is 3. The van der Waals surface area contributed by atoms with Crippen LogP contribution in [0.5, 0.6) is 23.0 Å². The standard InChI is InChI=1S/C27H23NO5/c1-30-25-18-21(10-13-23(25)32-19-22-7-4-3-5-8-22)12-15-27(29)33-24-14-11-20(9-6-16-28)17-26(24)31-2/h3-15,17-18H,19H2,1-2H3/b9-6-,15-12+. The number of rotatable bonds is 9. The van der Waals surface area contributed by atoms with Crippen LogP contribution in [-0.4, -0.2) is 20.2 Å². The fourth-order valence-corrected chi connectivity index (χ4v) is 2.95. The lowest BCUT2D eigenvalue weighted by Crippen LogP contribution is -2.05. The van der Waals surface area contributed by atoms with E-state index in [0.717, 1.165) is 16.7 Å². The number of carbonyl (C=O) groups excluding carboxylic acids is 1. The second kappa shape index (κ2) is 11.8. The fourth-order valence-electron chi connectivity index (χ4n) is 2.95. The van der Waals surface area contributed by atoms with E-state index in [4.69, 9.17) is 24.2 Å². The van der Waals surface area contributed by atoms with Gasteiger partial charge in [-0.15, -0.1) is 0 Å². The molecule has 0 saturated carbocycles. The Morgan fingerprint density at radius 1 is 0.848 bits per heavy atom. The summed E-state index contributed by atoms with van der Waals surface area (Å²) in [6.45, 7) is 0.422. The van der Waals surface area contributed by atoms with Crippen molar-refractivity contribution < 1.29 is 23.7 Å². The molecule has 0 bridgehead atoms. The molecule has 0 aliphatic heterocycles. The summed E-state index contributed by atoms with van der Waals surface area (Å²) in [5.41, 5.74) is 2.56. The molecule has 0 atom stereocenters. The molecule has 3 aromatic rings. The molecule has 0 spiro atoms. The van der Waals surface area contributed by atoms with E-state index in [-0.39, 0.29) is 5.75 Å². The van der Waals surface area contributed by atoms with Gasteiger partial charge in [0.05, 0.1) is 20.3 Å². The number of methoxy groups -OCH3 is 2. The SMILES string of the molecule is COc1cc(/C=C/C(=O)Oc2ccc(/C=C\C#N)cc2OC)ccc1OCc1ccccc1. The minimum absolute atomic E-state index is 0.281.